The molecule has 7 heteroatoms. The van der Waals surface area contributed by atoms with Crippen molar-refractivity contribution in [2.45, 2.75) is 19.5 Å². The molecule has 0 aliphatic carbocycles. The first kappa shape index (κ1) is 19.0. The summed E-state index contributed by atoms with van der Waals surface area (Å²) in [6, 6.07) is 13.4. The van der Waals surface area contributed by atoms with E-state index >= 15 is 0 Å². The number of para-hydroxylation sites is 1. The van der Waals surface area contributed by atoms with Gasteiger partial charge in [-0.2, -0.15) is 0 Å². The quantitative estimate of drug-likeness (QED) is 0.490. The Morgan fingerprint density at radius 1 is 0.935 bits per heavy atom. The van der Waals surface area contributed by atoms with Gasteiger partial charge in [0, 0.05) is 48.1 Å². The Kier molecular flexibility index (Phi) is 4.71. The topological polar surface area (TPSA) is 68.9 Å². The molecule has 2 aromatic heterocycles. The maximum Gasteiger partial charge on any atom is 0.259 e. The first-order valence-corrected chi connectivity index (χ1v) is 10.0. The van der Waals surface area contributed by atoms with E-state index in [1.807, 2.05) is 41.2 Å². The summed E-state index contributed by atoms with van der Waals surface area (Å²) in [6.45, 7) is 1.57. The molecule has 1 N–H and O–H groups in total. The second-order valence-corrected chi connectivity index (χ2v) is 7.45. The molecule has 0 bridgehead atoms. The Hall–Kier alpha value is -4.00. The van der Waals surface area contributed by atoms with Gasteiger partial charge in [-0.3, -0.25) is 14.9 Å². The Bertz CT molecular complexity index is 1320. The molecule has 2 amide bonds. The predicted molar refractivity (Wildman–Crippen MR) is 115 cm³/mol. The molecule has 0 fully saturated rings. The average Bonchev–Trinajstić information content (AvgIpc) is 3.47. The van der Waals surface area contributed by atoms with E-state index in [0.717, 1.165) is 30.4 Å². The lowest BCUT2D eigenvalue weighted by Crippen LogP contribution is -2.22. The van der Waals surface area contributed by atoms with Gasteiger partial charge in [-0.1, -0.05) is 30.3 Å². The molecule has 0 saturated heterocycles. The van der Waals surface area contributed by atoms with Crippen LogP contribution in [0.5, 0.6) is 0 Å². The van der Waals surface area contributed by atoms with Gasteiger partial charge < -0.3 is 9.13 Å². The second-order valence-electron chi connectivity index (χ2n) is 7.45. The van der Waals surface area contributed by atoms with Gasteiger partial charge in [-0.15, -0.1) is 0 Å². The van der Waals surface area contributed by atoms with Gasteiger partial charge in [-0.05, 0) is 30.2 Å². The average molecular weight is 414 g/mol. The molecule has 31 heavy (non-hydrogen) atoms. The highest BCUT2D eigenvalue weighted by molar-refractivity contribution is 6.50. The molecule has 1 aliphatic rings. The summed E-state index contributed by atoms with van der Waals surface area (Å²) in [5.74, 6) is -1.31. The van der Waals surface area contributed by atoms with Crippen molar-refractivity contribution >= 4 is 33.9 Å². The van der Waals surface area contributed by atoms with E-state index in [9.17, 15) is 14.0 Å². The van der Waals surface area contributed by atoms with Crippen molar-refractivity contribution in [2.75, 3.05) is 0 Å². The van der Waals surface area contributed by atoms with Gasteiger partial charge in [0.25, 0.3) is 11.8 Å². The summed E-state index contributed by atoms with van der Waals surface area (Å²) in [5.41, 5.74) is 2.78. The summed E-state index contributed by atoms with van der Waals surface area (Å²) in [7, 11) is 0. The van der Waals surface area contributed by atoms with Crippen LogP contribution in [-0.4, -0.2) is 25.9 Å². The number of benzene rings is 2. The van der Waals surface area contributed by atoms with Crippen LogP contribution >= 0.6 is 0 Å². The van der Waals surface area contributed by atoms with Crippen molar-refractivity contribution in [1.29, 1.82) is 0 Å². The molecule has 0 atom stereocenters. The van der Waals surface area contributed by atoms with Crippen LogP contribution < -0.4 is 5.32 Å². The monoisotopic (exact) mass is 414 g/mol. The Balaban J connectivity index is 1.59. The van der Waals surface area contributed by atoms with Crippen molar-refractivity contribution in [1.82, 2.24) is 19.4 Å². The van der Waals surface area contributed by atoms with Gasteiger partial charge in [0.05, 0.1) is 17.5 Å². The first-order chi connectivity index (χ1) is 15.1. The number of hydrogen-bond acceptors (Lipinski definition) is 3. The number of halogens is 1. The molecule has 0 spiro atoms. The molecule has 154 valence electrons. The third-order valence-corrected chi connectivity index (χ3v) is 5.50. The largest absolute Gasteiger partial charge is 0.347 e. The third-order valence-electron chi connectivity index (χ3n) is 5.50. The lowest BCUT2D eigenvalue weighted by molar-refractivity contribution is -0.122. The minimum atomic E-state index is -0.469. The number of imidazole rings is 1. The number of rotatable bonds is 6. The number of nitrogens with zero attached hydrogens (tertiary/aromatic N) is 3. The van der Waals surface area contributed by atoms with Gasteiger partial charge in [0.2, 0.25) is 0 Å². The van der Waals surface area contributed by atoms with E-state index in [0.29, 0.717) is 16.7 Å². The minimum absolute atomic E-state index is 0.270. The van der Waals surface area contributed by atoms with Crippen LogP contribution in [-0.2, 0) is 22.7 Å². The van der Waals surface area contributed by atoms with Crippen molar-refractivity contribution in [3.8, 4) is 0 Å². The highest BCUT2D eigenvalue weighted by Crippen LogP contribution is 2.36. The highest BCUT2D eigenvalue weighted by Gasteiger charge is 2.33. The summed E-state index contributed by atoms with van der Waals surface area (Å²) in [6.07, 6.45) is 8.27. The summed E-state index contributed by atoms with van der Waals surface area (Å²) >= 11 is 0. The number of aromatic nitrogens is 3. The Labute approximate surface area is 177 Å². The van der Waals surface area contributed by atoms with Gasteiger partial charge in [0.1, 0.15) is 5.82 Å². The molecule has 2 aromatic carbocycles. The number of aryl methyl sites for hydroxylation is 2. The zero-order valence-electron chi connectivity index (χ0n) is 16.6. The molecular formula is C24H19FN4O2. The Morgan fingerprint density at radius 2 is 1.71 bits per heavy atom. The SMILES string of the molecule is O=C1NC(=O)C(c2cn(CCCn3ccnc3)c3ccccc23)=C1c1ccc(F)cc1. The van der Waals surface area contributed by atoms with Gasteiger partial charge >= 0.3 is 0 Å². The molecule has 1 aliphatic heterocycles. The molecule has 0 unspecified atom stereocenters. The number of imide groups is 1. The predicted octanol–water partition coefficient (Wildman–Crippen LogP) is 3.63. The number of amides is 2. The van der Waals surface area contributed by atoms with Crippen molar-refractivity contribution in [3.05, 3.63) is 90.4 Å². The number of carbonyl (C=O) groups is 2. The number of nitrogens with one attached hydrogen (secondary N) is 1. The molecule has 3 heterocycles. The maximum absolute atomic E-state index is 13.4. The van der Waals surface area contributed by atoms with Crippen LogP contribution in [0.25, 0.3) is 22.0 Å². The van der Waals surface area contributed by atoms with E-state index in [-0.39, 0.29) is 5.57 Å². The van der Waals surface area contributed by atoms with Crippen LogP contribution in [0.3, 0.4) is 0 Å². The van der Waals surface area contributed by atoms with Crippen molar-refractivity contribution < 1.29 is 14.0 Å². The normalized spacial score (nSPS) is 14.0. The van der Waals surface area contributed by atoms with E-state index in [4.69, 9.17) is 0 Å². The lowest BCUT2D eigenvalue weighted by atomic mass is 9.96. The van der Waals surface area contributed by atoms with E-state index < -0.39 is 17.6 Å². The van der Waals surface area contributed by atoms with E-state index in [1.165, 1.54) is 24.3 Å². The van der Waals surface area contributed by atoms with Crippen LogP contribution in [0.4, 0.5) is 4.39 Å². The van der Waals surface area contributed by atoms with Crippen LogP contribution in [0, 0.1) is 5.82 Å². The maximum atomic E-state index is 13.4. The number of hydrogen-bond donors (Lipinski definition) is 1. The summed E-state index contributed by atoms with van der Waals surface area (Å²) < 4.78 is 17.5. The molecule has 5 rings (SSSR count). The third kappa shape index (κ3) is 3.44. The summed E-state index contributed by atoms with van der Waals surface area (Å²) in [5, 5.41) is 3.29. The highest BCUT2D eigenvalue weighted by atomic mass is 19.1. The van der Waals surface area contributed by atoms with Gasteiger partial charge in [-0.25, -0.2) is 9.37 Å². The van der Waals surface area contributed by atoms with Gasteiger partial charge in [0.15, 0.2) is 0 Å². The zero-order chi connectivity index (χ0) is 21.4. The van der Waals surface area contributed by atoms with Crippen LogP contribution in [0.15, 0.2) is 73.4 Å². The van der Waals surface area contributed by atoms with Crippen LogP contribution in [0.2, 0.25) is 0 Å². The van der Waals surface area contributed by atoms with Crippen LogP contribution in [0.1, 0.15) is 17.5 Å². The molecule has 4 aromatic rings. The lowest BCUT2D eigenvalue weighted by Gasteiger charge is -2.06. The van der Waals surface area contributed by atoms with E-state index in [1.54, 1.807) is 12.5 Å². The Morgan fingerprint density at radius 3 is 2.48 bits per heavy atom. The molecule has 0 saturated carbocycles. The number of fused-ring (bicyclic) bond motifs is 1. The van der Waals surface area contributed by atoms with Crippen molar-refractivity contribution in [2.24, 2.45) is 0 Å². The van der Waals surface area contributed by atoms with E-state index in [2.05, 4.69) is 14.9 Å². The minimum Gasteiger partial charge on any atom is -0.347 e. The molecule has 6 nitrogen and oxygen atoms in total. The van der Waals surface area contributed by atoms with Crippen molar-refractivity contribution in [3.63, 3.8) is 0 Å². The first-order valence-electron chi connectivity index (χ1n) is 10.0. The standard InChI is InChI=1S/C24H19FN4O2/c25-17-8-6-16(7-9-17)21-22(24(31)27-23(21)30)19-14-29(20-5-2-1-4-18(19)20)12-3-11-28-13-10-26-15-28/h1-2,4-10,13-15H,3,11-12H2,(H,27,30,31). The fourth-order valence-electron chi connectivity index (χ4n) is 4.08. The zero-order valence-corrected chi connectivity index (χ0v) is 16.6. The fourth-order valence-corrected chi connectivity index (χ4v) is 4.08. The fraction of sp³-hybridized carbons (Fsp3) is 0.125. The smallest absolute Gasteiger partial charge is 0.259 e. The molecule has 0 radical (unpaired) electrons. The second kappa shape index (κ2) is 7.68. The number of carbonyl (C=O) groups excluding carboxylic acids is 2. The molecular weight excluding hydrogens is 395 g/mol. The summed E-state index contributed by atoms with van der Waals surface area (Å²) in [4.78, 5) is 29.4.